The van der Waals surface area contributed by atoms with E-state index < -0.39 is 0 Å². The first-order chi connectivity index (χ1) is 9.93. The van der Waals surface area contributed by atoms with Gasteiger partial charge in [-0.2, -0.15) is 0 Å². The van der Waals surface area contributed by atoms with Crippen LogP contribution in [0.3, 0.4) is 0 Å². The van der Waals surface area contributed by atoms with Crippen LogP contribution in [0.5, 0.6) is 0 Å². The van der Waals surface area contributed by atoms with Gasteiger partial charge in [0.15, 0.2) is 0 Å². The smallest absolute Gasteiger partial charge is 0.0223 e. The van der Waals surface area contributed by atoms with Crippen molar-refractivity contribution in [2.45, 2.75) is 64.2 Å². The minimum absolute atomic E-state index is 0.830. The molecule has 0 aliphatic rings. The number of unbranched alkanes of at least 4 members (excludes halogenated alkanes) is 9. The number of alkyl halides is 1. The summed E-state index contributed by atoms with van der Waals surface area (Å²) in [5.74, 6) is 0.830. The number of rotatable bonds is 12. The highest BCUT2D eigenvalue weighted by Crippen LogP contribution is 2.11. The topological polar surface area (TPSA) is 0 Å². The first-order valence-corrected chi connectivity index (χ1v) is 8.74. The molecule has 0 spiro atoms. The molecule has 20 heavy (non-hydrogen) atoms. The van der Waals surface area contributed by atoms with E-state index in [0.717, 1.165) is 5.88 Å². The van der Waals surface area contributed by atoms with Crippen molar-refractivity contribution in [1.82, 2.24) is 0 Å². The predicted octanol–water partition coefficient (Wildman–Crippen LogP) is 6.84. The second-order valence-corrected chi connectivity index (χ2v) is 5.85. The monoisotopic (exact) mass is 292 g/mol. The Bertz CT molecular complexity index is 329. The van der Waals surface area contributed by atoms with E-state index in [4.69, 9.17) is 11.6 Å². The van der Waals surface area contributed by atoms with E-state index >= 15 is 0 Å². The van der Waals surface area contributed by atoms with Crippen molar-refractivity contribution in [3.63, 3.8) is 0 Å². The number of halogens is 1. The largest absolute Gasteiger partial charge is 0.127 e. The van der Waals surface area contributed by atoms with Crippen LogP contribution in [0.2, 0.25) is 0 Å². The third-order valence-electron chi connectivity index (χ3n) is 3.61. The molecule has 0 radical (unpaired) electrons. The molecule has 1 rings (SSSR count). The normalized spacial score (nSPS) is 11.2. The van der Waals surface area contributed by atoms with Gasteiger partial charge in [0.2, 0.25) is 0 Å². The summed E-state index contributed by atoms with van der Waals surface area (Å²) in [6.45, 7) is 0. The van der Waals surface area contributed by atoms with Gasteiger partial charge in [-0.05, 0) is 24.8 Å². The van der Waals surface area contributed by atoms with Crippen LogP contribution in [0.15, 0.2) is 36.4 Å². The highest BCUT2D eigenvalue weighted by Gasteiger charge is 1.92. The van der Waals surface area contributed by atoms with E-state index in [1.807, 2.05) is 0 Å². The van der Waals surface area contributed by atoms with E-state index in [9.17, 15) is 0 Å². The van der Waals surface area contributed by atoms with Crippen molar-refractivity contribution in [1.29, 1.82) is 0 Å². The minimum atomic E-state index is 0.830. The molecule has 0 amide bonds. The van der Waals surface area contributed by atoms with Gasteiger partial charge in [0.1, 0.15) is 0 Å². The Labute approximate surface area is 130 Å². The summed E-state index contributed by atoms with van der Waals surface area (Å²) in [4.78, 5) is 0. The second kappa shape index (κ2) is 13.2. The van der Waals surface area contributed by atoms with Crippen LogP contribution in [0.25, 0.3) is 6.08 Å². The van der Waals surface area contributed by atoms with E-state index in [2.05, 4.69) is 42.5 Å². The van der Waals surface area contributed by atoms with Crippen LogP contribution < -0.4 is 0 Å². The molecule has 1 aromatic rings. The molecule has 0 saturated heterocycles. The van der Waals surface area contributed by atoms with Crippen molar-refractivity contribution in [2.24, 2.45) is 0 Å². The molecule has 0 fully saturated rings. The molecule has 0 heterocycles. The molecule has 0 saturated carbocycles. The summed E-state index contributed by atoms with van der Waals surface area (Å²) in [5.41, 5.74) is 1.31. The van der Waals surface area contributed by atoms with Crippen molar-refractivity contribution < 1.29 is 0 Å². The molecule has 0 aliphatic heterocycles. The molecule has 1 heteroatoms. The van der Waals surface area contributed by atoms with Gasteiger partial charge >= 0.3 is 0 Å². The number of benzene rings is 1. The van der Waals surface area contributed by atoms with E-state index in [1.54, 1.807) is 0 Å². The lowest BCUT2D eigenvalue weighted by Crippen LogP contribution is -1.82. The fourth-order valence-electron chi connectivity index (χ4n) is 2.38. The van der Waals surface area contributed by atoms with Gasteiger partial charge in [0.05, 0.1) is 0 Å². The Hall–Kier alpha value is -0.750. The maximum Gasteiger partial charge on any atom is 0.0223 e. The van der Waals surface area contributed by atoms with Gasteiger partial charge in [0.25, 0.3) is 0 Å². The molecular weight excluding hydrogens is 264 g/mol. The molecule has 1 aromatic carbocycles. The zero-order chi connectivity index (χ0) is 14.3. The van der Waals surface area contributed by atoms with Crippen molar-refractivity contribution in [3.8, 4) is 0 Å². The summed E-state index contributed by atoms with van der Waals surface area (Å²) in [5, 5.41) is 0. The van der Waals surface area contributed by atoms with Crippen molar-refractivity contribution in [2.75, 3.05) is 5.88 Å². The standard InChI is InChI=1S/C19H29Cl/c20-18-14-9-7-5-3-1-2-4-6-8-11-15-19-16-12-10-13-17-19/h10-13,15-17H,1-9,14,18H2. The summed E-state index contributed by atoms with van der Waals surface area (Å²) >= 11 is 5.66. The van der Waals surface area contributed by atoms with Gasteiger partial charge in [-0.25, -0.2) is 0 Å². The average molecular weight is 293 g/mol. The van der Waals surface area contributed by atoms with Crippen molar-refractivity contribution >= 4 is 17.7 Å². The van der Waals surface area contributed by atoms with Gasteiger partial charge in [0, 0.05) is 5.88 Å². The fraction of sp³-hybridized carbons (Fsp3) is 0.579. The first kappa shape index (κ1) is 17.3. The molecular formula is C19H29Cl. The number of hydrogen-bond donors (Lipinski definition) is 0. The van der Waals surface area contributed by atoms with E-state index in [0.29, 0.717) is 0 Å². The van der Waals surface area contributed by atoms with E-state index in [-0.39, 0.29) is 0 Å². The zero-order valence-corrected chi connectivity index (χ0v) is 13.5. The molecule has 0 unspecified atom stereocenters. The lowest BCUT2D eigenvalue weighted by Gasteiger charge is -2.01. The Balaban J connectivity index is 1.84. The predicted molar refractivity (Wildman–Crippen MR) is 92.4 cm³/mol. The SMILES string of the molecule is ClCCCCCCCCCCCC=Cc1ccccc1. The van der Waals surface area contributed by atoms with Crippen LogP contribution in [0.4, 0.5) is 0 Å². The Morgan fingerprint density at radius 1 is 0.700 bits per heavy atom. The lowest BCUT2D eigenvalue weighted by molar-refractivity contribution is 0.567. The Morgan fingerprint density at radius 2 is 1.25 bits per heavy atom. The van der Waals surface area contributed by atoms with Crippen molar-refractivity contribution in [3.05, 3.63) is 42.0 Å². The van der Waals surface area contributed by atoms with Gasteiger partial charge < -0.3 is 0 Å². The van der Waals surface area contributed by atoms with Crippen LogP contribution in [0, 0.1) is 0 Å². The minimum Gasteiger partial charge on any atom is -0.127 e. The van der Waals surface area contributed by atoms with Crippen LogP contribution in [0.1, 0.15) is 69.8 Å². The maximum absolute atomic E-state index is 5.66. The molecule has 0 N–H and O–H groups in total. The highest BCUT2D eigenvalue weighted by molar-refractivity contribution is 6.17. The first-order valence-electron chi connectivity index (χ1n) is 8.21. The van der Waals surface area contributed by atoms with Gasteiger partial charge in [-0.3, -0.25) is 0 Å². The summed E-state index contributed by atoms with van der Waals surface area (Å²) in [7, 11) is 0. The third-order valence-corrected chi connectivity index (χ3v) is 3.88. The number of hydrogen-bond acceptors (Lipinski definition) is 0. The van der Waals surface area contributed by atoms with Gasteiger partial charge in [-0.15, -0.1) is 11.6 Å². The molecule has 0 aliphatic carbocycles. The van der Waals surface area contributed by atoms with E-state index in [1.165, 1.54) is 69.8 Å². The van der Waals surface area contributed by atoms with Crippen LogP contribution in [-0.4, -0.2) is 5.88 Å². The van der Waals surface area contributed by atoms with Crippen LogP contribution >= 0.6 is 11.6 Å². The quantitative estimate of drug-likeness (QED) is 0.292. The highest BCUT2D eigenvalue weighted by atomic mass is 35.5. The lowest BCUT2D eigenvalue weighted by atomic mass is 10.1. The summed E-state index contributed by atoms with van der Waals surface area (Å²) < 4.78 is 0. The number of allylic oxidation sites excluding steroid dienone is 1. The Kier molecular flexibility index (Phi) is 11.5. The average Bonchev–Trinajstić information content (AvgIpc) is 2.49. The molecule has 0 atom stereocenters. The Morgan fingerprint density at radius 3 is 1.85 bits per heavy atom. The third kappa shape index (κ3) is 10.1. The maximum atomic E-state index is 5.66. The molecule has 112 valence electrons. The molecule has 0 bridgehead atoms. The van der Waals surface area contributed by atoms with Gasteiger partial charge in [-0.1, -0.05) is 87.4 Å². The molecule has 0 nitrogen and oxygen atoms in total. The fourth-order valence-corrected chi connectivity index (χ4v) is 2.57. The second-order valence-electron chi connectivity index (χ2n) is 5.47. The van der Waals surface area contributed by atoms with Crippen LogP contribution in [-0.2, 0) is 0 Å². The summed E-state index contributed by atoms with van der Waals surface area (Å²) in [6, 6.07) is 10.5. The summed E-state index contributed by atoms with van der Waals surface area (Å²) in [6.07, 6.45) is 17.9. The zero-order valence-electron chi connectivity index (χ0n) is 12.7. The molecule has 0 aromatic heterocycles.